The monoisotopic (exact) mass is 344 g/mol. The summed E-state index contributed by atoms with van der Waals surface area (Å²) in [6, 6.07) is 10.3. The van der Waals surface area contributed by atoms with Crippen LogP contribution in [0.15, 0.2) is 30.3 Å². The number of piperidine rings is 1. The molecular formula is C21H32N2O2. The van der Waals surface area contributed by atoms with Gasteiger partial charge in [-0.25, -0.2) is 0 Å². The summed E-state index contributed by atoms with van der Waals surface area (Å²) < 4.78 is 5.67. The molecule has 4 heteroatoms. The highest BCUT2D eigenvalue weighted by Crippen LogP contribution is 2.35. The summed E-state index contributed by atoms with van der Waals surface area (Å²) in [6.45, 7) is 3.65. The molecule has 1 atom stereocenters. The first-order chi connectivity index (χ1) is 12.2. The highest BCUT2D eigenvalue weighted by atomic mass is 16.5. The normalized spacial score (nSPS) is 23.5. The van der Waals surface area contributed by atoms with Gasteiger partial charge in [0.25, 0.3) is 0 Å². The summed E-state index contributed by atoms with van der Waals surface area (Å²) in [6.07, 6.45) is 7.96. The van der Waals surface area contributed by atoms with Crippen molar-refractivity contribution in [2.45, 2.75) is 56.5 Å². The minimum Gasteiger partial charge on any atom is -0.378 e. The number of carbonyl (C=O) groups excluding carboxylic acids is 1. The van der Waals surface area contributed by atoms with Crippen molar-refractivity contribution in [2.24, 2.45) is 0 Å². The summed E-state index contributed by atoms with van der Waals surface area (Å²) in [5, 5.41) is 3.23. The topological polar surface area (TPSA) is 41.6 Å². The van der Waals surface area contributed by atoms with Crippen molar-refractivity contribution in [3.05, 3.63) is 35.9 Å². The van der Waals surface area contributed by atoms with Gasteiger partial charge in [-0.05, 0) is 70.6 Å². The Morgan fingerprint density at radius 3 is 2.68 bits per heavy atom. The second kappa shape index (κ2) is 8.81. The highest BCUT2D eigenvalue weighted by Gasteiger charge is 2.41. The molecule has 0 saturated carbocycles. The predicted molar refractivity (Wildman–Crippen MR) is 101 cm³/mol. The lowest BCUT2D eigenvalue weighted by Crippen LogP contribution is -2.51. The molecular weight excluding hydrogens is 312 g/mol. The Balaban J connectivity index is 1.52. The fourth-order valence-corrected chi connectivity index (χ4v) is 4.14. The molecule has 0 spiro atoms. The molecule has 0 aromatic heterocycles. The van der Waals surface area contributed by atoms with E-state index in [4.69, 9.17) is 4.74 Å². The number of ether oxygens (including phenoxy) is 1. The summed E-state index contributed by atoms with van der Waals surface area (Å²) in [5.41, 5.74) is 0.808. The van der Waals surface area contributed by atoms with Crippen LogP contribution in [0.5, 0.6) is 0 Å². The van der Waals surface area contributed by atoms with Crippen LogP contribution < -0.4 is 5.32 Å². The molecule has 25 heavy (non-hydrogen) atoms. The zero-order chi connectivity index (χ0) is 17.5. The first-order valence-corrected chi connectivity index (χ1v) is 9.85. The molecule has 1 aromatic carbocycles. The van der Waals surface area contributed by atoms with Crippen molar-refractivity contribution in [2.75, 3.05) is 33.3 Å². The molecule has 1 amide bonds. The van der Waals surface area contributed by atoms with Crippen molar-refractivity contribution in [3.63, 3.8) is 0 Å². The first kappa shape index (κ1) is 18.4. The molecule has 1 N–H and O–H groups in total. The molecule has 2 aliphatic rings. The first-order valence-electron chi connectivity index (χ1n) is 9.85. The third kappa shape index (κ3) is 4.62. The standard InChI is InChI=1S/C21H32N2O2/c1-23-15-12-21(13-16-23,18-8-3-2-4-9-18)20(24)22-14-6-5-10-19-11-7-17-25-19/h2-4,8-9,19H,5-7,10-17H2,1H3,(H,22,24). The fourth-order valence-electron chi connectivity index (χ4n) is 4.14. The van der Waals surface area contributed by atoms with E-state index in [-0.39, 0.29) is 11.3 Å². The summed E-state index contributed by atoms with van der Waals surface area (Å²) in [7, 11) is 2.14. The molecule has 2 heterocycles. The Hall–Kier alpha value is -1.39. The second-order valence-electron chi connectivity index (χ2n) is 7.64. The SMILES string of the molecule is CN1CCC(C(=O)NCCCCC2CCCO2)(c2ccccc2)CC1. The van der Waals surface area contributed by atoms with Gasteiger partial charge in [0.05, 0.1) is 11.5 Å². The van der Waals surface area contributed by atoms with E-state index in [1.807, 2.05) is 18.2 Å². The number of benzene rings is 1. The Morgan fingerprint density at radius 1 is 1.24 bits per heavy atom. The number of rotatable bonds is 7. The average Bonchev–Trinajstić information content (AvgIpc) is 3.16. The Labute approximate surface area is 151 Å². The van der Waals surface area contributed by atoms with E-state index in [1.165, 1.54) is 18.4 Å². The zero-order valence-corrected chi connectivity index (χ0v) is 15.5. The van der Waals surface area contributed by atoms with Gasteiger partial charge in [0.2, 0.25) is 5.91 Å². The Kier molecular flexibility index (Phi) is 6.49. The van der Waals surface area contributed by atoms with E-state index in [0.29, 0.717) is 6.10 Å². The van der Waals surface area contributed by atoms with Crippen LogP contribution in [0, 0.1) is 0 Å². The smallest absolute Gasteiger partial charge is 0.230 e. The van der Waals surface area contributed by atoms with Gasteiger partial charge in [-0.1, -0.05) is 30.3 Å². The quantitative estimate of drug-likeness (QED) is 0.773. The third-order valence-corrected chi connectivity index (χ3v) is 5.86. The van der Waals surface area contributed by atoms with Crippen LogP contribution >= 0.6 is 0 Å². The van der Waals surface area contributed by atoms with E-state index in [0.717, 1.165) is 58.3 Å². The predicted octanol–water partition coefficient (Wildman–Crippen LogP) is 3.12. The number of hydrogen-bond acceptors (Lipinski definition) is 3. The molecule has 3 rings (SSSR count). The second-order valence-corrected chi connectivity index (χ2v) is 7.64. The maximum atomic E-state index is 13.1. The minimum atomic E-state index is -0.359. The number of nitrogens with one attached hydrogen (secondary N) is 1. The van der Waals surface area contributed by atoms with E-state index in [2.05, 4.69) is 29.4 Å². The van der Waals surface area contributed by atoms with Crippen molar-refractivity contribution in [1.29, 1.82) is 0 Å². The van der Waals surface area contributed by atoms with Gasteiger partial charge in [0.15, 0.2) is 0 Å². The number of likely N-dealkylation sites (tertiary alicyclic amines) is 1. The van der Waals surface area contributed by atoms with Gasteiger partial charge in [-0.3, -0.25) is 4.79 Å². The number of amides is 1. The summed E-state index contributed by atoms with van der Waals surface area (Å²) >= 11 is 0. The molecule has 0 radical (unpaired) electrons. The average molecular weight is 344 g/mol. The van der Waals surface area contributed by atoms with E-state index < -0.39 is 0 Å². The number of hydrogen-bond donors (Lipinski definition) is 1. The van der Waals surface area contributed by atoms with Gasteiger partial charge < -0.3 is 15.0 Å². The third-order valence-electron chi connectivity index (χ3n) is 5.86. The summed E-state index contributed by atoms with van der Waals surface area (Å²) in [5.74, 6) is 0.212. The maximum absolute atomic E-state index is 13.1. The number of nitrogens with zero attached hydrogens (tertiary/aromatic N) is 1. The van der Waals surface area contributed by atoms with Gasteiger partial charge >= 0.3 is 0 Å². The van der Waals surface area contributed by atoms with Gasteiger partial charge in [0.1, 0.15) is 0 Å². The lowest BCUT2D eigenvalue weighted by atomic mass is 9.72. The van der Waals surface area contributed by atoms with Crippen LogP contribution in [0.1, 0.15) is 50.5 Å². The van der Waals surface area contributed by atoms with Crippen LogP contribution in [-0.2, 0) is 14.9 Å². The molecule has 4 nitrogen and oxygen atoms in total. The minimum absolute atomic E-state index is 0.212. The van der Waals surface area contributed by atoms with Crippen molar-refractivity contribution >= 4 is 5.91 Å². The van der Waals surface area contributed by atoms with Gasteiger partial charge in [-0.2, -0.15) is 0 Å². The largest absolute Gasteiger partial charge is 0.378 e. The Bertz CT molecular complexity index is 532. The molecule has 138 valence electrons. The van der Waals surface area contributed by atoms with Gasteiger partial charge in [0, 0.05) is 13.2 Å². The van der Waals surface area contributed by atoms with Crippen LogP contribution in [0.3, 0.4) is 0 Å². The van der Waals surface area contributed by atoms with Gasteiger partial charge in [-0.15, -0.1) is 0 Å². The van der Waals surface area contributed by atoms with Crippen LogP contribution in [0.2, 0.25) is 0 Å². The van der Waals surface area contributed by atoms with Crippen LogP contribution in [0.4, 0.5) is 0 Å². The lowest BCUT2D eigenvalue weighted by molar-refractivity contribution is -0.128. The van der Waals surface area contributed by atoms with E-state index in [1.54, 1.807) is 0 Å². The zero-order valence-electron chi connectivity index (χ0n) is 15.5. The molecule has 0 bridgehead atoms. The van der Waals surface area contributed by atoms with Crippen LogP contribution in [-0.4, -0.2) is 50.2 Å². The van der Waals surface area contributed by atoms with Crippen molar-refractivity contribution < 1.29 is 9.53 Å². The molecule has 1 aromatic rings. The number of unbranched alkanes of at least 4 members (excludes halogenated alkanes) is 1. The molecule has 1 unspecified atom stereocenters. The van der Waals surface area contributed by atoms with Crippen molar-refractivity contribution in [1.82, 2.24) is 10.2 Å². The molecule has 2 aliphatic heterocycles. The van der Waals surface area contributed by atoms with Crippen molar-refractivity contribution in [3.8, 4) is 0 Å². The lowest BCUT2D eigenvalue weighted by Gasteiger charge is -2.39. The molecule has 0 aliphatic carbocycles. The molecule has 2 fully saturated rings. The van der Waals surface area contributed by atoms with Crippen LogP contribution in [0.25, 0.3) is 0 Å². The van der Waals surface area contributed by atoms with E-state index >= 15 is 0 Å². The van der Waals surface area contributed by atoms with E-state index in [9.17, 15) is 4.79 Å². The maximum Gasteiger partial charge on any atom is 0.230 e. The fraction of sp³-hybridized carbons (Fsp3) is 0.667. The Morgan fingerprint density at radius 2 is 2.00 bits per heavy atom. The summed E-state index contributed by atoms with van der Waals surface area (Å²) in [4.78, 5) is 15.4. The molecule has 2 saturated heterocycles. The number of carbonyl (C=O) groups is 1. The highest BCUT2D eigenvalue weighted by molar-refractivity contribution is 5.88.